The maximum atomic E-state index is 8.90. The third-order valence-electron chi connectivity index (χ3n) is 2.12. The second kappa shape index (κ2) is 3.49. The van der Waals surface area contributed by atoms with Gasteiger partial charge >= 0.3 is 0 Å². The molecule has 66 valence electrons. The highest BCUT2D eigenvalue weighted by Crippen LogP contribution is 2.33. The van der Waals surface area contributed by atoms with Gasteiger partial charge in [-0.25, -0.2) is 10.9 Å². The predicted molar refractivity (Wildman–Crippen MR) is 43.6 cm³/mol. The van der Waals surface area contributed by atoms with Gasteiger partial charge in [-0.1, -0.05) is 6.92 Å². The van der Waals surface area contributed by atoms with Gasteiger partial charge in [-0.05, 0) is 19.3 Å². The van der Waals surface area contributed by atoms with Crippen LogP contribution in [0, 0.1) is 0 Å². The van der Waals surface area contributed by atoms with Gasteiger partial charge in [0.15, 0.2) is 0 Å². The van der Waals surface area contributed by atoms with E-state index in [1.54, 1.807) is 0 Å². The first kappa shape index (κ1) is 8.93. The Morgan fingerprint density at radius 1 is 1.64 bits per heavy atom. The summed E-state index contributed by atoms with van der Waals surface area (Å²) in [7, 11) is 0. The van der Waals surface area contributed by atoms with Crippen LogP contribution in [0.5, 0.6) is 0 Å². The Morgan fingerprint density at radius 3 is 2.64 bits per heavy atom. The highest BCUT2D eigenvalue weighted by Gasteiger charge is 2.41. The van der Waals surface area contributed by atoms with Crippen molar-refractivity contribution in [1.29, 1.82) is 0 Å². The molecule has 1 rings (SSSR count). The van der Waals surface area contributed by atoms with Crippen LogP contribution in [0.2, 0.25) is 0 Å². The maximum absolute atomic E-state index is 8.90. The second-order valence-corrected chi connectivity index (χ2v) is 3.22. The minimum atomic E-state index is -0.0627. The summed E-state index contributed by atoms with van der Waals surface area (Å²) in [6.07, 6.45) is 2.94. The molecule has 0 aromatic rings. The van der Waals surface area contributed by atoms with Gasteiger partial charge < -0.3 is 10.8 Å². The fourth-order valence-corrected chi connectivity index (χ4v) is 0.821. The van der Waals surface area contributed by atoms with Crippen molar-refractivity contribution in [3.05, 3.63) is 0 Å². The SMILES string of the molecule is CCC(N)NNC1(CO)CC1. The third-order valence-corrected chi connectivity index (χ3v) is 2.12. The average Bonchev–Trinajstić information content (AvgIpc) is 2.81. The zero-order chi connectivity index (χ0) is 8.32. The van der Waals surface area contributed by atoms with E-state index in [2.05, 4.69) is 10.9 Å². The van der Waals surface area contributed by atoms with E-state index in [9.17, 15) is 0 Å². The van der Waals surface area contributed by atoms with Crippen LogP contribution in [0.3, 0.4) is 0 Å². The van der Waals surface area contributed by atoms with Crippen LogP contribution >= 0.6 is 0 Å². The lowest BCUT2D eigenvalue weighted by Gasteiger charge is -2.18. The Kier molecular flexibility index (Phi) is 2.84. The van der Waals surface area contributed by atoms with Crippen LogP contribution in [0.25, 0.3) is 0 Å². The summed E-state index contributed by atoms with van der Waals surface area (Å²) in [6.45, 7) is 2.20. The summed E-state index contributed by atoms with van der Waals surface area (Å²) in [5.41, 5.74) is 11.5. The molecule has 1 unspecified atom stereocenters. The molecule has 0 radical (unpaired) electrons. The average molecular weight is 159 g/mol. The molecule has 11 heavy (non-hydrogen) atoms. The van der Waals surface area contributed by atoms with Gasteiger partial charge in [0.25, 0.3) is 0 Å². The van der Waals surface area contributed by atoms with Gasteiger partial charge in [-0.3, -0.25) is 0 Å². The molecule has 0 spiro atoms. The minimum Gasteiger partial charge on any atom is -0.394 e. The minimum absolute atomic E-state index is 0.0148. The first-order chi connectivity index (χ1) is 5.22. The smallest absolute Gasteiger partial charge is 0.0676 e. The molecule has 1 saturated carbocycles. The van der Waals surface area contributed by atoms with Gasteiger partial charge in [0.2, 0.25) is 0 Å². The summed E-state index contributed by atoms with van der Waals surface area (Å²) >= 11 is 0. The summed E-state index contributed by atoms with van der Waals surface area (Å²) in [6, 6.07) is 0. The Hall–Kier alpha value is -0.160. The Balaban J connectivity index is 2.11. The van der Waals surface area contributed by atoms with E-state index in [-0.39, 0.29) is 18.3 Å². The highest BCUT2D eigenvalue weighted by molar-refractivity contribution is 5.00. The van der Waals surface area contributed by atoms with Gasteiger partial charge in [-0.15, -0.1) is 0 Å². The van der Waals surface area contributed by atoms with E-state index >= 15 is 0 Å². The van der Waals surface area contributed by atoms with Gasteiger partial charge in [-0.2, -0.15) is 0 Å². The number of hydrogen-bond acceptors (Lipinski definition) is 4. The van der Waals surface area contributed by atoms with Crippen molar-refractivity contribution < 1.29 is 5.11 Å². The molecule has 4 heteroatoms. The molecule has 1 aliphatic rings. The molecule has 5 N–H and O–H groups in total. The molecule has 0 amide bonds. The molecule has 1 fully saturated rings. The summed E-state index contributed by atoms with van der Waals surface area (Å²) in [5, 5.41) is 8.90. The zero-order valence-electron chi connectivity index (χ0n) is 6.93. The lowest BCUT2D eigenvalue weighted by atomic mass is 10.3. The van der Waals surface area contributed by atoms with Crippen LogP contribution in [0.1, 0.15) is 26.2 Å². The van der Waals surface area contributed by atoms with Crippen molar-refractivity contribution in [3.8, 4) is 0 Å². The molecule has 0 bridgehead atoms. The third kappa shape index (κ3) is 2.41. The van der Waals surface area contributed by atoms with E-state index in [0.29, 0.717) is 0 Å². The summed E-state index contributed by atoms with van der Waals surface area (Å²) < 4.78 is 0. The van der Waals surface area contributed by atoms with Crippen molar-refractivity contribution >= 4 is 0 Å². The van der Waals surface area contributed by atoms with Crippen LogP contribution in [-0.4, -0.2) is 23.4 Å². The number of rotatable bonds is 5. The van der Waals surface area contributed by atoms with Crippen molar-refractivity contribution in [2.45, 2.75) is 37.9 Å². The molecule has 1 atom stereocenters. The lowest BCUT2D eigenvalue weighted by Crippen LogP contribution is -2.52. The standard InChI is InChI=1S/C7H17N3O/c1-2-6(8)9-10-7(5-11)3-4-7/h6,9-11H,2-5,8H2,1H3. The van der Waals surface area contributed by atoms with Gasteiger partial charge in [0, 0.05) is 0 Å². The molecular weight excluding hydrogens is 142 g/mol. The number of aliphatic hydroxyl groups excluding tert-OH is 1. The number of nitrogens with two attached hydrogens (primary N) is 1. The number of aliphatic hydroxyl groups is 1. The molecule has 0 aromatic carbocycles. The van der Waals surface area contributed by atoms with Crippen molar-refractivity contribution in [1.82, 2.24) is 10.9 Å². The van der Waals surface area contributed by atoms with Gasteiger partial charge in [0.05, 0.1) is 18.3 Å². The predicted octanol–water partition coefficient (Wildman–Crippen LogP) is -0.700. The number of hydrogen-bond donors (Lipinski definition) is 4. The Labute approximate surface area is 67.1 Å². The molecule has 4 nitrogen and oxygen atoms in total. The molecule has 0 heterocycles. The van der Waals surface area contributed by atoms with E-state index < -0.39 is 0 Å². The highest BCUT2D eigenvalue weighted by atomic mass is 16.3. The molecule has 0 aliphatic heterocycles. The number of hydrazine groups is 1. The van der Waals surface area contributed by atoms with E-state index in [0.717, 1.165) is 19.3 Å². The van der Waals surface area contributed by atoms with E-state index in [4.69, 9.17) is 10.8 Å². The fraction of sp³-hybridized carbons (Fsp3) is 1.00. The summed E-state index contributed by atoms with van der Waals surface area (Å²) in [4.78, 5) is 0. The Bertz CT molecular complexity index is 125. The zero-order valence-corrected chi connectivity index (χ0v) is 6.93. The van der Waals surface area contributed by atoms with Crippen molar-refractivity contribution in [3.63, 3.8) is 0 Å². The van der Waals surface area contributed by atoms with E-state index in [1.807, 2.05) is 6.92 Å². The van der Waals surface area contributed by atoms with Crippen LogP contribution < -0.4 is 16.6 Å². The first-order valence-corrected chi connectivity index (χ1v) is 4.11. The molecule has 0 aromatic heterocycles. The largest absolute Gasteiger partial charge is 0.394 e. The molecular formula is C7H17N3O. The van der Waals surface area contributed by atoms with Gasteiger partial charge in [0.1, 0.15) is 0 Å². The summed E-state index contributed by atoms with van der Waals surface area (Å²) in [5.74, 6) is 0. The maximum Gasteiger partial charge on any atom is 0.0676 e. The van der Waals surface area contributed by atoms with Crippen LogP contribution in [0.4, 0.5) is 0 Å². The van der Waals surface area contributed by atoms with Crippen molar-refractivity contribution in [2.24, 2.45) is 5.73 Å². The lowest BCUT2D eigenvalue weighted by molar-refractivity contribution is 0.208. The first-order valence-electron chi connectivity index (χ1n) is 4.11. The monoisotopic (exact) mass is 159 g/mol. The Morgan fingerprint density at radius 2 is 2.27 bits per heavy atom. The van der Waals surface area contributed by atoms with Crippen LogP contribution in [0.15, 0.2) is 0 Å². The van der Waals surface area contributed by atoms with E-state index in [1.165, 1.54) is 0 Å². The second-order valence-electron chi connectivity index (χ2n) is 3.22. The topological polar surface area (TPSA) is 70.3 Å². The number of nitrogens with one attached hydrogen (secondary N) is 2. The quantitative estimate of drug-likeness (QED) is 0.316. The van der Waals surface area contributed by atoms with Crippen molar-refractivity contribution in [2.75, 3.05) is 6.61 Å². The normalized spacial score (nSPS) is 23.2. The van der Waals surface area contributed by atoms with Crippen LogP contribution in [-0.2, 0) is 0 Å². The molecule has 0 saturated heterocycles. The fourth-order valence-electron chi connectivity index (χ4n) is 0.821. The molecule has 1 aliphatic carbocycles.